The summed E-state index contributed by atoms with van der Waals surface area (Å²) in [5.74, 6) is -0.356. The number of hydrogen-bond acceptors (Lipinski definition) is 5. The highest BCUT2D eigenvalue weighted by molar-refractivity contribution is 7.92. The number of anilines is 2. The van der Waals surface area contributed by atoms with Gasteiger partial charge in [0.05, 0.1) is 16.8 Å². The Kier molecular flexibility index (Phi) is 5.16. The van der Waals surface area contributed by atoms with Crippen molar-refractivity contribution in [3.05, 3.63) is 36.5 Å². The fraction of sp³-hybridized carbons (Fsp3) is 0.400. The van der Waals surface area contributed by atoms with Crippen LogP contribution in [0.4, 0.5) is 15.9 Å². The van der Waals surface area contributed by atoms with Gasteiger partial charge in [0, 0.05) is 17.8 Å². The first-order valence-electron chi connectivity index (χ1n) is 9.81. The van der Waals surface area contributed by atoms with Crippen molar-refractivity contribution in [2.24, 2.45) is 0 Å². The first-order chi connectivity index (χ1) is 13.9. The molecule has 29 heavy (non-hydrogen) atoms. The lowest BCUT2D eigenvalue weighted by molar-refractivity contribution is 0.532. The van der Waals surface area contributed by atoms with Gasteiger partial charge in [0.15, 0.2) is 0 Å². The molecule has 7 nitrogen and oxygen atoms in total. The number of halogens is 1. The Bertz CT molecular complexity index is 1150. The molecule has 0 bridgehead atoms. The third-order valence-electron chi connectivity index (χ3n) is 5.38. The van der Waals surface area contributed by atoms with Crippen molar-refractivity contribution in [1.82, 2.24) is 14.5 Å². The van der Waals surface area contributed by atoms with Gasteiger partial charge in [0.2, 0.25) is 10.0 Å². The highest BCUT2D eigenvalue weighted by Crippen LogP contribution is 2.39. The van der Waals surface area contributed by atoms with E-state index in [9.17, 15) is 12.8 Å². The SMILES string of the molecule is CCCS(=O)(=O)Nc1ccc(-c2cn(C3CCCC3)c3ncnc(N)c23)cc1F. The summed E-state index contributed by atoms with van der Waals surface area (Å²) in [4.78, 5) is 8.54. The van der Waals surface area contributed by atoms with Gasteiger partial charge in [-0.25, -0.2) is 22.8 Å². The van der Waals surface area contributed by atoms with Gasteiger partial charge < -0.3 is 10.3 Å². The van der Waals surface area contributed by atoms with Gasteiger partial charge in [0.1, 0.15) is 23.6 Å². The van der Waals surface area contributed by atoms with Crippen LogP contribution in [0.5, 0.6) is 0 Å². The van der Waals surface area contributed by atoms with E-state index >= 15 is 0 Å². The van der Waals surface area contributed by atoms with E-state index in [-0.39, 0.29) is 11.4 Å². The Morgan fingerprint density at radius 3 is 2.72 bits per heavy atom. The molecule has 4 rings (SSSR count). The molecule has 0 aliphatic heterocycles. The summed E-state index contributed by atoms with van der Waals surface area (Å²) in [5, 5.41) is 0.693. The van der Waals surface area contributed by atoms with E-state index in [2.05, 4.69) is 19.3 Å². The molecule has 1 aliphatic carbocycles. The molecule has 2 heterocycles. The number of nitrogens with zero attached hydrogens (tertiary/aromatic N) is 3. The van der Waals surface area contributed by atoms with Crippen LogP contribution in [-0.2, 0) is 10.0 Å². The molecule has 0 atom stereocenters. The molecule has 1 aliphatic rings. The van der Waals surface area contributed by atoms with Crippen molar-refractivity contribution in [3.8, 4) is 11.1 Å². The van der Waals surface area contributed by atoms with Gasteiger partial charge in [-0.1, -0.05) is 25.8 Å². The van der Waals surface area contributed by atoms with Crippen molar-refractivity contribution in [2.75, 3.05) is 16.2 Å². The van der Waals surface area contributed by atoms with Crippen LogP contribution in [0.25, 0.3) is 22.2 Å². The van der Waals surface area contributed by atoms with Gasteiger partial charge in [-0.05, 0) is 37.0 Å². The number of aromatic nitrogens is 3. The normalized spacial score (nSPS) is 15.2. The number of benzene rings is 1. The standard InChI is InChI=1S/C20H24FN5O2S/c1-2-9-29(27,28)25-17-8-7-13(10-16(17)21)15-11-26(14-5-3-4-6-14)20-18(15)19(22)23-12-24-20/h7-8,10-12,14,25H,2-6,9H2,1H3,(H2,22,23,24). The summed E-state index contributed by atoms with van der Waals surface area (Å²) in [6.07, 6.45) is 8.33. The number of hydrogen-bond donors (Lipinski definition) is 2. The molecule has 1 saturated carbocycles. The van der Waals surface area contributed by atoms with Crippen molar-refractivity contribution in [2.45, 2.75) is 45.1 Å². The van der Waals surface area contributed by atoms with Crippen LogP contribution in [0.1, 0.15) is 45.1 Å². The molecule has 0 saturated heterocycles. The fourth-order valence-electron chi connectivity index (χ4n) is 4.04. The lowest BCUT2D eigenvalue weighted by Gasteiger charge is -2.12. The maximum absolute atomic E-state index is 14.7. The Balaban J connectivity index is 1.78. The second-order valence-corrected chi connectivity index (χ2v) is 9.30. The highest BCUT2D eigenvalue weighted by Gasteiger charge is 2.23. The molecule has 0 radical (unpaired) electrons. The molecule has 3 aromatic rings. The summed E-state index contributed by atoms with van der Waals surface area (Å²) in [7, 11) is -3.57. The van der Waals surface area contributed by atoms with Crippen LogP contribution in [0.3, 0.4) is 0 Å². The molecule has 9 heteroatoms. The molecule has 0 spiro atoms. The van der Waals surface area contributed by atoms with Crippen LogP contribution >= 0.6 is 0 Å². The summed E-state index contributed by atoms with van der Waals surface area (Å²) in [5.41, 5.74) is 8.16. The fourth-order valence-corrected chi connectivity index (χ4v) is 5.18. The Morgan fingerprint density at radius 1 is 1.28 bits per heavy atom. The zero-order valence-electron chi connectivity index (χ0n) is 16.2. The molecular formula is C20H24FN5O2S. The molecule has 154 valence electrons. The second kappa shape index (κ2) is 7.62. The van der Waals surface area contributed by atoms with Crippen LogP contribution < -0.4 is 10.5 Å². The molecule has 3 N–H and O–H groups in total. The van der Waals surface area contributed by atoms with E-state index in [0.29, 0.717) is 29.2 Å². The quantitative estimate of drug-likeness (QED) is 0.629. The number of sulfonamides is 1. The van der Waals surface area contributed by atoms with Gasteiger partial charge >= 0.3 is 0 Å². The second-order valence-electron chi connectivity index (χ2n) is 7.46. The first-order valence-corrected chi connectivity index (χ1v) is 11.5. The minimum Gasteiger partial charge on any atom is -0.383 e. The topological polar surface area (TPSA) is 103 Å². The maximum Gasteiger partial charge on any atom is 0.232 e. The lowest BCUT2D eigenvalue weighted by atomic mass is 10.1. The summed E-state index contributed by atoms with van der Waals surface area (Å²) in [6.45, 7) is 1.76. The van der Waals surface area contributed by atoms with Gasteiger partial charge in [0.25, 0.3) is 0 Å². The summed E-state index contributed by atoms with van der Waals surface area (Å²) in [6, 6.07) is 4.79. The monoisotopic (exact) mass is 417 g/mol. The zero-order chi connectivity index (χ0) is 20.6. The zero-order valence-corrected chi connectivity index (χ0v) is 17.0. The van der Waals surface area contributed by atoms with Crippen LogP contribution in [0, 0.1) is 5.82 Å². The Morgan fingerprint density at radius 2 is 2.03 bits per heavy atom. The van der Waals surface area contributed by atoms with Gasteiger partial charge in [-0.3, -0.25) is 4.72 Å². The van der Waals surface area contributed by atoms with Crippen molar-refractivity contribution < 1.29 is 12.8 Å². The number of rotatable bonds is 6. The predicted molar refractivity (Wildman–Crippen MR) is 113 cm³/mol. The predicted octanol–water partition coefficient (Wildman–Crippen LogP) is 4.09. The summed E-state index contributed by atoms with van der Waals surface area (Å²) < 4.78 is 43.1. The van der Waals surface area contributed by atoms with Gasteiger partial charge in [-0.15, -0.1) is 0 Å². The van der Waals surface area contributed by atoms with Crippen LogP contribution in [0.2, 0.25) is 0 Å². The molecule has 2 aromatic heterocycles. The number of fused-ring (bicyclic) bond motifs is 1. The molecule has 0 amide bonds. The van der Waals surface area contributed by atoms with E-state index in [1.54, 1.807) is 13.0 Å². The minimum absolute atomic E-state index is 0.0586. The average molecular weight is 418 g/mol. The Labute approximate surface area is 169 Å². The molecule has 0 unspecified atom stereocenters. The Hall–Kier alpha value is -2.68. The lowest BCUT2D eigenvalue weighted by Crippen LogP contribution is -2.16. The molecule has 1 fully saturated rings. The van der Waals surface area contributed by atoms with Crippen molar-refractivity contribution in [1.29, 1.82) is 0 Å². The largest absolute Gasteiger partial charge is 0.383 e. The maximum atomic E-state index is 14.7. The average Bonchev–Trinajstić information content (AvgIpc) is 3.31. The van der Waals surface area contributed by atoms with E-state index in [1.807, 2.05) is 6.20 Å². The third kappa shape index (κ3) is 3.78. The van der Waals surface area contributed by atoms with Crippen molar-refractivity contribution >= 4 is 32.6 Å². The molecule has 1 aromatic carbocycles. The number of nitrogens with one attached hydrogen (secondary N) is 1. The minimum atomic E-state index is -3.57. The number of nitrogen functional groups attached to an aromatic ring is 1. The van der Waals surface area contributed by atoms with E-state index < -0.39 is 15.8 Å². The van der Waals surface area contributed by atoms with E-state index in [4.69, 9.17) is 5.73 Å². The number of nitrogens with two attached hydrogens (primary N) is 1. The summed E-state index contributed by atoms with van der Waals surface area (Å²) >= 11 is 0. The smallest absolute Gasteiger partial charge is 0.232 e. The van der Waals surface area contributed by atoms with E-state index in [1.165, 1.54) is 31.3 Å². The van der Waals surface area contributed by atoms with E-state index in [0.717, 1.165) is 24.1 Å². The molecular weight excluding hydrogens is 393 g/mol. The third-order valence-corrected chi connectivity index (χ3v) is 6.85. The van der Waals surface area contributed by atoms with Gasteiger partial charge in [-0.2, -0.15) is 0 Å². The highest BCUT2D eigenvalue weighted by atomic mass is 32.2. The first kappa shape index (κ1) is 19.6. The van der Waals surface area contributed by atoms with Crippen molar-refractivity contribution in [3.63, 3.8) is 0 Å². The van der Waals surface area contributed by atoms with Crippen LogP contribution in [-0.4, -0.2) is 28.7 Å². The van der Waals surface area contributed by atoms with Crippen LogP contribution in [0.15, 0.2) is 30.7 Å².